The Bertz CT molecular complexity index is 1450. The summed E-state index contributed by atoms with van der Waals surface area (Å²) < 4.78 is 3.44. The van der Waals surface area contributed by atoms with Crippen molar-refractivity contribution in [3.05, 3.63) is 83.1 Å². The van der Waals surface area contributed by atoms with E-state index in [0.29, 0.717) is 41.5 Å². The lowest BCUT2D eigenvalue weighted by Gasteiger charge is -2.33. The predicted octanol–water partition coefficient (Wildman–Crippen LogP) is 2.52. The molecule has 5 heterocycles. The number of aryl methyl sites for hydroxylation is 1. The number of aromatic amines is 1. The van der Waals surface area contributed by atoms with Gasteiger partial charge in [0.25, 0.3) is 0 Å². The lowest BCUT2D eigenvalue weighted by molar-refractivity contribution is 0.103. The SMILES string of the molecule is C=C/C=C\c1c(C(=O)c2cc(N3CCC(n4c(=O)[nH]c5ncccc54)CC3)ncn2)cnn1C. The minimum atomic E-state index is -0.215. The van der Waals surface area contributed by atoms with Crippen molar-refractivity contribution in [3.63, 3.8) is 0 Å². The number of fused-ring (bicyclic) bond motifs is 1. The molecule has 10 heteroatoms. The van der Waals surface area contributed by atoms with Gasteiger partial charge < -0.3 is 4.90 Å². The number of allylic oxidation sites excluding steroid dienone is 2. The second kappa shape index (κ2) is 8.89. The van der Waals surface area contributed by atoms with Crippen LogP contribution >= 0.6 is 0 Å². The highest BCUT2D eigenvalue weighted by Gasteiger charge is 2.25. The van der Waals surface area contributed by atoms with Gasteiger partial charge in [-0.05, 0) is 31.1 Å². The van der Waals surface area contributed by atoms with Crippen LogP contribution < -0.4 is 10.6 Å². The number of piperidine rings is 1. The zero-order valence-corrected chi connectivity index (χ0v) is 18.8. The minimum Gasteiger partial charge on any atom is -0.356 e. The topological polar surface area (TPSA) is 115 Å². The predicted molar refractivity (Wildman–Crippen MR) is 129 cm³/mol. The van der Waals surface area contributed by atoms with E-state index in [1.54, 1.807) is 53.0 Å². The minimum absolute atomic E-state index is 0.0687. The summed E-state index contributed by atoms with van der Waals surface area (Å²) in [5.74, 6) is 0.477. The van der Waals surface area contributed by atoms with Gasteiger partial charge in [0.15, 0.2) is 5.65 Å². The van der Waals surface area contributed by atoms with Gasteiger partial charge in [-0.2, -0.15) is 5.10 Å². The van der Waals surface area contributed by atoms with E-state index >= 15 is 0 Å². The Morgan fingerprint density at radius 1 is 1.24 bits per heavy atom. The van der Waals surface area contributed by atoms with Crippen molar-refractivity contribution in [1.29, 1.82) is 0 Å². The number of nitrogens with one attached hydrogen (secondary N) is 1. The van der Waals surface area contributed by atoms with Crippen LogP contribution in [0.2, 0.25) is 0 Å². The summed E-state index contributed by atoms with van der Waals surface area (Å²) in [6.07, 6.45) is 11.4. The molecule has 4 aromatic heterocycles. The number of anilines is 1. The van der Waals surface area contributed by atoms with Crippen molar-refractivity contribution in [1.82, 2.24) is 34.3 Å². The van der Waals surface area contributed by atoms with Gasteiger partial charge in [0.1, 0.15) is 17.8 Å². The van der Waals surface area contributed by atoms with E-state index in [9.17, 15) is 9.59 Å². The molecule has 0 aliphatic carbocycles. The van der Waals surface area contributed by atoms with Crippen LogP contribution in [0.4, 0.5) is 5.82 Å². The molecule has 0 aromatic carbocycles. The Morgan fingerprint density at radius 3 is 2.85 bits per heavy atom. The molecular formula is C24H24N8O2. The molecule has 5 rings (SSSR count). The van der Waals surface area contributed by atoms with Crippen LogP contribution in [0.1, 0.15) is 40.6 Å². The molecule has 34 heavy (non-hydrogen) atoms. The van der Waals surface area contributed by atoms with Crippen LogP contribution in [0.15, 0.2) is 60.4 Å². The van der Waals surface area contributed by atoms with Crippen molar-refractivity contribution in [3.8, 4) is 0 Å². The van der Waals surface area contributed by atoms with Gasteiger partial charge >= 0.3 is 5.69 Å². The fourth-order valence-corrected chi connectivity index (χ4v) is 4.44. The molecule has 0 unspecified atom stereocenters. The number of carbonyl (C=O) groups excluding carboxylic acids is 1. The van der Waals surface area contributed by atoms with Crippen LogP contribution in [-0.2, 0) is 7.05 Å². The highest BCUT2D eigenvalue weighted by atomic mass is 16.1. The standard InChI is InChI=1S/C24H24N8O2/c1-3-4-6-19-17(14-28-30(19)2)22(33)18-13-21(27-15-26-18)31-11-8-16(9-12-31)32-20-7-5-10-25-23(20)29-24(32)34/h3-7,10,13-16H,1,8-9,11-12H2,2H3,(H,25,29,34)/b6-4-. The maximum Gasteiger partial charge on any atom is 0.327 e. The van der Waals surface area contributed by atoms with E-state index < -0.39 is 0 Å². The lowest BCUT2D eigenvalue weighted by Crippen LogP contribution is -2.37. The van der Waals surface area contributed by atoms with Crippen LogP contribution in [0.5, 0.6) is 0 Å². The number of rotatable bonds is 6. The van der Waals surface area contributed by atoms with Gasteiger partial charge in [-0.15, -0.1) is 0 Å². The number of nitrogens with zero attached hydrogens (tertiary/aromatic N) is 7. The van der Waals surface area contributed by atoms with Gasteiger partial charge in [-0.3, -0.25) is 19.0 Å². The molecule has 1 aliphatic rings. The van der Waals surface area contributed by atoms with E-state index in [2.05, 4.69) is 36.5 Å². The first-order valence-electron chi connectivity index (χ1n) is 11.0. The summed E-state index contributed by atoms with van der Waals surface area (Å²) in [5.41, 5.74) is 2.75. The number of ketones is 1. The van der Waals surface area contributed by atoms with Crippen molar-refractivity contribution in [2.24, 2.45) is 7.05 Å². The third-order valence-electron chi connectivity index (χ3n) is 6.15. The van der Waals surface area contributed by atoms with E-state index in [-0.39, 0.29) is 17.5 Å². The Hall–Kier alpha value is -4.34. The highest BCUT2D eigenvalue weighted by molar-refractivity contribution is 6.09. The molecule has 0 spiro atoms. The zero-order chi connectivity index (χ0) is 23.7. The second-order valence-corrected chi connectivity index (χ2v) is 8.14. The Morgan fingerprint density at radius 2 is 2.06 bits per heavy atom. The smallest absolute Gasteiger partial charge is 0.327 e. The Balaban J connectivity index is 1.35. The van der Waals surface area contributed by atoms with Crippen LogP contribution in [0, 0.1) is 0 Å². The summed E-state index contributed by atoms with van der Waals surface area (Å²) in [6.45, 7) is 5.08. The van der Waals surface area contributed by atoms with Crippen molar-refractivity contribution >= 4 is 28.8 Å². The maximum atomic E-state index is 13.2. The zero-order valence-electron chi connectivity index (χ0n) is 18.8. The average Bonchev–Trinajstić information content (AvgIpc) is 3.40. The molecule has 10 nitrogen and oxygen atoms in total. The average molecular weight is 457 g/mol. The molecule has 1 saturated heterocycles. The number of aromatic nitrogens is 7. The third kappa shape index (κ3) is 3.83. The van der Waals surface area contributed by atoms with Gasteiger partial charge in [-0.25, -0.2) is 19.7 Å². The van der Waals surface area contributed by atoms with Crippen molar-refractivity contribution < 1.29 is 4.79 Å². The molecule has 1 aliphatic heterocycles. The molecule has 4 aromatic rings. The molecule has 1 N–H and O–H groups in total. The van der Waals surface area contributed by atoms with Crippen LogP contribution in [-0.4, -0.2) is 53.2 Å². The van der Waals surface area contributed by atoms with Gasteiger partial charge in [0.2, 0.25) is 5.78 Å². The first-order valence-corrected chi connectivity index (χ1v) is 11.0. The first-order chi connectivity index (χ1) is 16.6. The Labute approximate surface area is 195 Å². The number of imidazole rings is 1. The Kier molecular flexibility index (Phi) is 5.62. The van der Waals surface area contributed by atoms with Gasteiger partial charge in [0, 0.05) is 38.4 Å². The molecule has 1 fully saturated rings. The number of hydrogen-bond acceptors (Lipinski definition) is 7. The quantitative estimate of drug-likeness (QED) is 0.350. The fourth-order valence-electron chi connectivity index (χ4n) is 4.44. The fraction of sp³-hybridized carbons (Fsp3) is 0.250. The third-order valence-corrected chi connectivity index (χ3v) is 6.15. The van der Waals surface area contributed by atoms with Crippen molar-refractivity contribution in [2.45, 2.75) is 18.9 Å². The molecular weight excluding hydrogens is 432 g/mol. The summed E-state index contributed by atoms with van der Waals surface area (Å²) in [5, 5.41) is 4.21. The summed E-state index contributed by atoms with van der Waals surface area (Å²) in [6, 6.07) is 5.53. The van der Waals surface area contributed by atoms with Crippen LogP contribution in [0.3, 0.4) is 0 Å². The van der Waals surface area contributed by atoms with E-state index in [1.807, 2.05) is 12.1 Å². The van der Waals surface area contributed by atoms with E-state index in [4.69, 9.17) is 0 Å². The number of hydrogen-bond donors (Lipinski definition) is 1. The van der Waals surface area contributed by atoms with E-state index in [1.165, 1.54) is 6.33 Å². The number of H-pyrrole nitrogens is 1. The molecule has 0 atom stereocenters. The van der Waals surface area contributed by atoms with Gasteiger partial charge in [0.05, 0.1) is 23.0 Å². The molecule has 172 valence electrons. The molecule has 0 radical (unpaired) electrons. The highest BCUT2D eigenvalue weighted by Crippen LogP contribution is 2.27. The second-order valence-electron chi connectivity index (χ2n) is 8.14. The normalized spacial score (nSPS) is 14.8. The monoisotopic (exact) mass is 456 g/mol. The van der Waals surface area contributed by atoms with Crippen LogP contribution in [0.25, 0.3) is 17.2 Å². The van der Waals surface area contributed by atoms with E-state index in [0.717, 1.165) is 18.4 Å². The molecule has 0 saturated carbocycles. The summed E-state index contributed by atoms with van der Waals surface area (Å²) in [4.78, 5) is 43.5. The number of carbonyl (C=O) groups is 1. The largest absolute Gasteiger partial charge is 0.356 e. The lowest BCUT2D eigenvalue weighted by atomic mass is 10.0. The van der Waals surface area contributed by atoms with Gasteiger partial charge in [-0.1, -0.05) is 18.7 Å². The van der Waals surface area contributed by atoms with Crippen molar-refractivity contribution in [2.75, 3.05) is 18.0 Å². The first kappa shape index (κ1) is 21.5. The molecule has 0 amide bonds. The maximum absolute atomic E-state index is 13.2. The summed E-state index contributed by atoms with van der Waals surface area (Å²) in [7, 11) is 1.78. The summed E-state index contributed by atoms with van der Waals surface area (Å²) >= 11 is 0. The molecule has 0 bridgehead atoms. The number of pyridine rings is 1.